The highest BCUT2D eigenvalue weighted by molar-refractivity contribution is 7.20. The number of hydrogen-bond donors (Lipinski definition) is 1. The molecule has 108 valence electrons. The minimum atomic E-state index is -0.338. The summed E-state index contributed by atoms with van der Waals surface area (Å²) in [5.41, 5.74) is 0.911. The van der Waals surface area contributed by atoms with E-state index in [1.54, 1.807) is 0 Å². The fourth-order valence-corrected chi connectivity index (χ4v) is 3.53. The molecule has 19 heavy (non-hydrogen) atoms. The molecule has 0 aliphatic heterocycles. The van der Waals surface area contributed by atoms with Crippen molar-refractivity contribution in [2.45, 2.75) is 39.3 Å². The molecule has 0 amide bonds. The predicted octanol–water partition coefficient (Wildman–Crippen LogP) is 4.29. The summed E-state index contributed by atoms with van der Waals surface area (Å²) in [7, 11) is 1.40. The van der Waals surface area contributed by atoms with Crippen LogP contribution in [0.3, 0.4) is 0 Å². The zero-order valence-corrected chi connectivity index (χ0v) is 13.8. The molecule has 1 N–H and O–H groups in total. The molecule has 1 rings (SSSR count). The Morgan fingerprint density at radius 1 is 1.42 bits per heavy atom. The maximum Gasteiger partial charge on any atom is 0.322 e. The van der Waals surface area contributed by atoms with E-state index in [0.29, 0.717) is 21.0 Å². The zero-order chi connectivity index (χ0) is 14.6. The van der Waals surface area contributed by atoms with Gasteiger partial charge < -0.3 is 4.74 Å². The van der Waals surface area contributed by atoms with E-state index < -0.39 is 0 Å². The molecule has 1 aromatic heterocycles. The van der Waals surface area contributed by atoms with Crippen molar-refractivity contribution in [1.29, 1.82) is 0 Å². The summed E-state index contributed by atoms with van der Waals surface area (Å²) in [5, 5.41) is 3.26. The standard InChI is InChI=1S/C13H19Cl2NO2S/c1-7(2)5-10(13(17)18-4)16-8(3)9-6-11(14)19-12(9)15/h6-8,10,16H,5H2,1-4H3. The average Bonchev–Trinajstić information content (AvgIpc) is 2.66. The molecular formula is C13H19Cl2NO2S. The Balaban J connectivity index is 2.78. The summed E-state index contributed by atoms with van der Waals surface area (Å²) in [5.74, 6) is 0.142. The number of hydrogen-bond acceptors (Lipinski definition) is 4. The van der Waals surface area contributed by atoms with Crippen molar-refractivity contribution in [2.75, 3.05) is 7.11 Å². The van der Waals surface area contributed by atoms with Crippen LogP contribution in [0.2, 0.25) is 8.67 Å². The normalized spacial score (nSPS) is 14.5. The van der Waals surface area contributed by atoms with Crippen LogP contribution in [-0.4, -0.2) is 19.1 Å². The molecule has 0 bridgehead atoms. The molecule has 0 aliphatic rings. The van der Waals surface area contributed by atoms with Crippen LogP contribution in [0.4, 0.5) is 0 Å². The fourth-order valence-electron chi connectivity index (χ4n) is 1.89. The first-order chi connectivity index (χ1) is 8.85. The summed E-state index contributed by atoms with van der Waals surface area (Å²) in [6.45, 7) is 6.09. The van der Waals surface area contributed by atoms with E-state index in [2.05, 4.69) is 19.2 Å². The number of esters is 1. The first kappa shape index (κ1) is 16.8. The molecule has 2 atom stereocenters. The van der Waals surface area contributed by atoms with Crippen LogP contribution in [0.15, 0.2) is 6.07 Å². The molecule has 0 aliphatic carbocycles. The van der Waals surface area contributed by atoms with Crippen molar-refractivity contribution in [2.24, 2.45) is 5.92 Å². The van der Waals surface area contributed by atoms with Gasteiger partial charge in [0.25, 0.3) is 0 Å². The van der Waals surface area contributed by atoms with Crippen LogP contribution >= 0.6 is 34.5 Å². The lowest BCUT2D eigenvalue weighted by Gasteiger charge is -2.22. The Hall–Kier alpha value is -0.290. The van der Waals surface area contributed by atoms with Crippen molar-refractivity contribution in [1.82, 2.24) is 5.32 Å². The highest BCUT2D eigenvalue weighted by Gasteiger charge is 2.24. The van der Waals surface area contributed by atoms with Gasteiger partial charge in [0.05, 0.1) is 15.8 Å². The van der Waals surface area contributed by atoms with Gasteiger partial charge in [-0.2, -0.15) is 0 Å². The van der Waals surface area contributed by atoms with Crippen molar-refractivity contribution in [3.05, 3.63) is 20.3 Å². The second-order valence-electron chi connectivity index (χ2n) is 4.87. The summed E-state index contributed by atoms with van der Waals surface area (Å²) < 4.78 is 6.12. The van der Waals surface area contributed by atoms with Gasteiger partial charge in [-0.25, -0.2) is 0 Å². The molecule has 6 heteroatoms. The number of ether oxygens (including phenoxy) is 1. The third-order valence-electron chi connectivity index (χ3n) is 2.79. The summed E-state index contributed by atoms with van der Waals surface area (Å²) >= 11 is 13.4. The number of halogens is 2. The number of methoxy groups -OCH3 is 1. The van der Waals surface area contributed by atoms with Gasteiger partial charge in [0.2, 0.25) is 0 Å². The van der Waals surface area contributed by atoms with E-state index >= 15 is 0 Å². The van der Waals surface area contributed by atoms with E-state index in [4.69, 9.17) is 27.9 Å². The molecule has 0 fully saturated rings. The first-order valence-electron chi connectivity index (χ1n) is 6.13. The lowest BCUT2D eigenvalue weighted by molar-refractivity contribution is -0.143. The van der Waals surface area contributed by atoms with Crippen LogP contribution in [0.1, 0.15) is 38.8 Å². The average molecular weight is 324 g/mol. The Morgan fingerprint density at radius 3 is 2.47 bits per heavy atom. The predicted molar refractivity (Wildman–Crippen MR) is 81.1 cm³/mol. The molecule has 0 saturated carbocycles. The third-order valence-corrected chi connectivity index (χ3v) is 4.31. The minimum Gasteiger partial charge on any atom is -0.468 e. The van der Waals surface area contributed by atoms with Crippen molar-refractivity contribution in [3.8, 4) is 0 Å². The van der Waals surface area contributed by atoms with Gasteiger partial charge in [0, 0.05) is 6.04 Å². The van der Waals surface area contributed by atoms with Gasteiger partial charge in [0.1, 0.15) is 6.04 Å². The number of nitrogens with one attached hydrogen (secondary N) is 1. The van der Waals surface area contributed by atoms with Crippen molar-refractivity contribution in [3.63, 3.8) is 0 Å². The van der Waals surface area contributed by atoms with E-state index in [-0.39, 0.29) is 18.1 Å². The molecule has 0 saturated heterocycles. The second-order valence-corrected chi connectivity index (χ2v) is 7.16. The maximum atomic E-state index is 11.8. The van der Waals surface area contributed by atoms with Gasteiger partial charge in [-0.15, -0.1) is 11.3 Å². The van der Waals surface area contributed by atoms with Crippen molar-refractivity contribution < 1.29 is 9.53 Å². The fraction of sp³-hybridized carbons (Fsp3) is 0.615. The van der Waals surface area contributed by atoms with Gasteiger partial charge in [-0.3, -0.25) is 10.1 Å². The number of carbonyl (C=O) groups excluding carboxylic acids is 1. The zero-order valence-electron chi connectivity index (χ0n) is 11.5. The van der Waals surface area contributed by atoms with Crippen LogP contribution in [0, 0.1) is 5.92 Å². The lowest BCUT2D eigenvalue weighted by atomic mass is 10.0. The molecular weight excluding hydrogens is 305 g/mol. The number of carbonyl (C=O) groups is 1. The number of thiophene rings is 1. The molecule has 1 heterocycles. The third kappa shape index (κ3) is 4.95. The summed E-state index contributed by atoms with van der Waals surface area (Å²) in [6.07, 6.45) is 0.715. The summed E-state index contributed by atoms with van der Waals surface area (Å²) in [4.78, 5) is 11.8. The Kier molecular flexibility index (Phi) is 6.60. The molecule has 3 nitrogen and oxygen atoms in total. The maximum absolute atomic E-state index is 11.8. The second kappa shape index (κ2) is 7.48. The largest absolute Gasteiger partial charge is 0.468 e. The number of rotatable bonds is 6. The van der Waals surface area contributed by atoms with Crippen LogP contribution < -0.4 is 5.32 Å². The van der Waals surface area contributed by atoms with E-state index in [1.807, 2.05) is 13.0 Å². The Bertz CT molecular complexity index is 434. The quantitative estimate of drug-likeness (QED) is 0.793. The SMILES string of the molecule is COC(=O)C(CC(C)C)NC(C)c1cc(Cl)sc1Cl. The molecule has 2 unspecified atom stereocenters. The van der Waals surface area contributed by atoms with E-state index in [0.717, 1.165) is 5.56 Å². The summed E-state index contributed by atoms with van der Waals surface area (Å²) in [6, 6.07) is 1.43. The van der Waals surface area contributed by atoms with Gasteiger partial charge in [0.15, 0.2) is 0 Å². The highest BCUT2D eigenvalue weighted by atomic mass is 35.5. The Labute approximate surface area is 128 Å². The van der Waals surface area contributed by atoms with Crippen LogP contribution in [-0.2, 0) is 9.53 Å². The lowest BCUT2D eigenvalue weighted by Crippen LogP contribution is -2.40. The highest BCUT2D eigenvalue weighted by Crippen LogP contribution is 2.35. The van der Waals surface area contributed by atoms with E-state index in [1.165, 1.54) is 18.4 Å². The van der Waals surface area contributed by atoms with Crippen molar-refractivity contribution >= 4 is 40.5 Å². The molecule has 0 aromatic carbocycles. The Morgan fingerprint density at radius 2 is 2.05 bits per heavy atom. The minimum absolute atomic E-state index is 0.0564. The van der Waals surface area contributed by atoms with Gasteiger partial charge >= 0.3 is 5.97 Å². The molecule has 0 radical (unpaired) electrons. The first-order valence-corrected chi connectivity index (χ1v) is 7.71. The van der Waals surface area contributed by atoms with Gasteiger partial charge in [-0.1, -0.05) is 37.0 Å². The molecule has 1 aromatic rings. The van der Waals surface area contributed by atoms with Gasteiger partial charge in [-0.05, 0) is 30.9 Å². The van der Waals surface area contributed by atoms with E-state index in [9.17, 15) is 4.79 Å². The monoisotopic (exact) mass is 323 g/mol. The smallest absolute Gasteiger partial charge is 0.322 e. The van der Waals surface area contributed by atoms with Crippen LogP contribution in [0.25, 0.3) is 0 Å². The van der Waals surface area contributed by atoms with Crippen LogP contribution in [0.5, 0.6) is 0 Å². The molecule has 0 spiro atoms. The topological polar surface area (TPSA) is 38.3 Å².